The molecular weight excluding hydrogens is 542 g/mol. The number of amides is 2. The quantitative estimate of drug-likeness (QED) is 0.401. The first-order valence-corrected chi connectivity index (χ1v) is 14.2. The zero-order valence-electron chi connectivity index (χ0n) is 24.3. The predicted molar refractivity (Wildman–Crippen MR) is 154 cm³/mol. The molecule has 4 rings (SSSR count). The average Bonchev–Trinajstić information content (AvgIpc) is 3.45. The average molecular weight is 582 g/mol. The normalized spacial score (nSPS) is 17.9. The highest BCUT2D eigenvalue weighted by Gasteiger charge is 2.37. The maximum Gasteiger partial charge on any atom is 0.410 e. The van der Waals surface area contributed by atoms with Gasteiger partial charge >= 0.3 is 18.2 Å². The number of benzene rings is 2. The number of carboxylic acids is 1. The molecule has 0 saturated carbocycles. The molecule has 0 spiro atoms. The number of oxime groups is 1. The van der Waals surface area contributed by atoms with Crippen LogP contribution < -0.4 is 10.1 Å². The van der Waals surface area contributed by atoms with Gasteiger partial charge < -0.3 is 34.4 Å². The van der Waals surface area contributed by atoms with Gasteiger partial charge in [0.25, 0.3) is 0 Å². The van der Waals surface area contributed by atoms with E-state index in [2.05, 4.69) is 10.5 Å². The molecule has 226 valence electrons. The van der Waals surface area contributed by atoms with Gasteiger partial charge in [-0.25, -0.2) is 14.4 Å². The lowest BCUT2D eigenvalue weighted by Crippen LogP contribution is -2.49. The molecule has 2 atom stereocenters. The minimum absolute atomic E-state index is 0.0219. The highest BCUT2D eigenvalue weighted by molar-refractivity contribution is 6.01. The van der Waals surface area contributed by atoms with Crippen molar-refractivity contribution in [1.29, 1.82) is 0 Å². The number of likely N-dealkylation sites (tertiary alicyclic amines) is 1. The second-order valence-electron chi connectivity index (χ2n) is 11.5. The second-order valence-corrected chi connectivity index (χ2v) is 11.5. The standard InChI is InChI=1S/C31H39N3O8/c1-31(2,3)41-30(38)34-16-13-21(14-17-34)15-18-39-24-11-9-23(10-12-24)25-19-26(42-33-25)27(28(35)36)32-29(37)40-20-22-7-5-4-6-8-22/h4-12,21,26-27H,13-20H2,1-3H3,(H,32,37)(H,35,36). The number of nitrogens with zero attached hydrogens (tertiary/aromatic N) is 2. The van der Waals surface area contributed by atoms with Crippen LogP contribution in [0.2, 0.25) is 0 Å². The molecule has 2 amide bonds. The van der Waals surface area contributed by atoms with Crippen LogP contribution in [0, 0.1) is 5.92 Å². The van der Waals surface area contributed by atoms with Gasteiger partial charge in [-0.1, -0.05) is 35.5 Å². The third-order valence-electron chi connectivity index (χ3n) is 7.07. The molecule has 42 heavy (non-hydrogen) atoms. The smallest absolute Gasteiger partial charge is 0.410 e. The van der Waals surface area contributed by atoms with Gasteiger partial charge in [0, 0.05) is 19.5 Å². The maximum atomic E-state index is 12.2. The summed E-state index contributed by atoms with van der Waals surface area (Å²) >= 11 is 0. The fourth-order valence-corrected chi connectivity index (χ4v) is 4.77. The van der Waals surface area contributed by atoms with Crippen molar-refractivity contribution in [3.05, 3.63) is 65.7 Å². The number of nitrogens with one attached hydrogen (secondary N) is 1. The Kier molecular flexibility index (Phi) is 10.3. The van der Waals surface area contributed by atoms with Crippen LogP contribution in [0.1, 0.15) is 57.6 Å². The summed E-state index contributed by atoms with van der Waals surface area (Å²) in [6.45, 7) is 7.57. The van der Waals surface area contributed by atoms with Crippen LogP contribution in [-0.2, 0) is 25.7 Å². The summed E-state index contributed by atoms with van der Waals surface area (Å²) in [5, 5.41) is 16.1. The summed E-state index contributed by atoms with van der Waals surface area (Å²) in [6, 6.07) is 15.1. The molecule has 0 radical (unpaired) electrons. The monoisotopic (exact) mass is 581 g/mol. The Bertz CT molecular complexity index is 1240. The van der Waals surface area contributed by atoms with Gasteiger partial charge in [0.15, 0.2) is 12.1 Å². The molecule has 2 N–H and O–H groups in total. The van der Waals surface area contributed by atoms with Gasteiger partial charge in [0.05, 0.1) is 12.3 Å². The Morgan fingerprint density at radius 1 is 1.07 bits per heavy atom. The molecule has 2 aromatic rings. The first kappa shape index (κ1) is 30.7. The van der Waals surface area contributed by atoms with Crippen LogP contribution in [0.4, 0.5) is 9.59 Å². The molecule has 0 bridgehead atoms. The molecule has 0 aliphatic carbocycles. The number of carboxylic acid groups (broad SMARTS) is 1. The predicted octanol–water partition coefficient (Wildman–Crippen LogP) is 4.98. The fourth-order valence-electron chi connectivity index (χ4n) is 4.77. The van der Waals surface area contributed by atoms with Crippen molar-refractivity contribution in [1.82, 2.24) is 10.2 Å². The van der Waals surface area contributed by atoms with E-state index in [1.165, 1.54) is 0 Å². The van der Waals surface area contributed by atoms with Gasteiger partial charge in [-0.3, -0.25) is 0 Å². The summed E-state index contributed by atoms with van der Waals surface area (Å²) < 4.78 is 16.6. The Balaban J connectivity index is 1.18. The van der Waals surface area contributed by atoms with Crippen LogP contribution in [0.5, 0.6) is 5.75 Å². The number of alkyl carbamates (subject to hydrolysis) is 1. The van der Waals surface area contributed by atoms with Crippen LogP contribution in [0.25, 0.3) is 0 Å². The Morgan fingerprint density at radius 3 is 2.40 bits per heavy atom. The van der Waals surface area contributed by atoms with Crippen LogP contribution in [0.15, 0.2) is 59.8 Å². The van der Waals surface area contributed by atoms with E-state index in [0.29, 0.717) is 37.1 Å². The van der Waals surface area contributed by atoms with E-state index in [9.17, 15) is 19.5 Å². The van der Waals surface area contributed by atoms with Gasteiger partial charge in [-0.2, -0.15) is 0 Å². The number of rotatable bonds is 10. The second kappa shape index (κ2) is 14.1. The van der Waals surface area contributed by atoms with Crippen LogP contribution >= 0.6 is 0 Å². The highest BCUT2D eigenvalue weighted by Crippen LogP contribution is 2.24. The summed E-state index contributed by atoms with van der Waals surface area (Å²) in [5.41, 5.74) is 1.65. The molecule has 11 nitrogen and oxygen atoms in total. The number of hydrogen-bond donors (Lipinski definition) is 2. The van der Waals surface area contributed by atoms with Gasteiger partial charge in [-0.05, 0) is 81.3 Å². The van der Waals surface area contributed by atoms with Crippen molar-refractivity contribution in [2.75, 3.05) is 19.7 Å². The van der Waals surface area contributed by atoms with Crippen molar-refractivity contribution in [2.45, 2.75) is 70.8 Å². The van der Waals surface area contributed by atoms with E-state index in [4.69, 9.17) is 19.0 Å². The molecule has 1 fully saturated rings. The number of hydrogen-bond acceptors (Lipinski definition) is 8. The summed E-state index contributed by atoms with van der Waals surface area (Å²) in [6.07, 6.45) is 0.954. The Hall–Kier alpha value is -4.28. The van der Waals surface area contributed by atoms with Crippen LogP contribution in [-0.4, -0.2) is 71.3 Å². The molecule has 2 aromatic carbocycles. The third-order valence-corrected chi connectivity index (χ3v) is 7.07. The molecule has 0 aromatic heterocycles. The zero-order valence-corrected chi connectivity index (χ0v) is 24.3. The minimum atomic E-state index is -1.33. The van der Waals surface area contributed by atoms with E-state index in [1.807, 2.05) is 63.2 Å². The largest absolute Gasteiger partial charge is 0.494 e. The third kappa shape index (κ3) is 9.12. The van der Waals surface area contributed by atoms with Gasteiger partial charge in [0.2, 0.25) is 0 Å². The highest BCUT2D eigenvalue weighted by atomic mass is 16.6. The van der Waals surface area contributed by atoms with Crippen molar-refractivity contribution < 1.29 is 38.5 Å². The van der Waals surface area contributed by atoms with Crippen LogP contribution in [0.3, 0.4) is 0 Å². The van der Waals surface area contributed by atoms with Crippen molar-refractivity contribution in [2.24, 2.45) is 11.1 Å². The minimum Gasteiger partial charge on any atom is -0.494 e. The zero-order chi connectivity index (χ0) is 30.1. The van der Waals surface area contributed by atoms with Crippen molar-refractivity contribution in [3.63, 3.8) is 0 Å². The topological polar surface area (TPSA) is 136 Å². The molecule has 11 heteroatoms. The van der Waals surface area contributed by atoms with Crippen molar-refractivity contribution >= 4 is 23.9 Å². The SMILES string of the molecule is CC(C)(C)OC(=O)N1CCC(CCOc2ccc(C3=NOC(C(NC(=O)OCc4ccccc4)C(=O)O)C3)cc2)CC1. The molecule has 2 aliphatic heterocycles. The summed E-state index contributed by atoms with van der Waals surface area (Å²) in [7, 11) is 0. The Labute approximate surface area is 245 Å². The van der Waals surface area contributed by atoms with E-state index < -0.39 is 29.8 Å². The number of carbonyl (C=O) groups is 3. The maximum absolute atomic E-state index is 12.2. The number of piperidine rings is 1. The van der Waals surface area contributed by atoms with Gasteiger partial charge in [-0.15, -0.1) is 0 Å². The summed E-state index contributed by atoms with van der Waals surface area (Å²) in [5.74, 6) is -0.0454. The molecule has 1 saturated heterocycles. The molecular formula is C31H39N3O8. The van der Waals surface area contributed by atoms with E-state index in [1.54, 1.807) is 17.0 Å². The summed E-state index contributed by atoms with van der Waals surface area (Å²) in [4.78, 5) is 43.5. The molecule has 2 heterocycles. The fraction of sp³-hybridized carbons (Fsp3) is 0.484. The lowest BCUT2D eigenvalue weighted by Gasteiger charge is -2.33. The van der Waals surface area contributed by atoms with Crippen molar-refractivity contribution in [3.8, 4) is 5.75 Å². The number of aliphatic carboxylic acids is 1. The lowest BCUT2D eigenvalue weighted by molar-refractivity contribution is -0.143. The Morgan fingerprint density at radius 2 is 1.76 bits per heavy atom. The molecule has 2 aliphatic rings. The van der Waals surface area contributed by atoms with E-state index >= 15 is 0 Å². The number of carbonyl (C=O) groups excluding carboxylic acids is 2. The van der Waals surface area contributed by atoms with E-state index in [-0.39, 0.29) is 19.1 Å². The first-order chi connectivity index (χ1) is 20.1. The number of ether oxygens (including phenoxy) is 3. The molecule has 2 unspecified atom stereocenters. The van der Waals surface area contributed by atoms with E-state index in [0.717, 1.165) is 30.4 Å². The first-order valence-electron chi connectivity index (χ1n) is 14.2. The lowest BCUT2D eigenvalue weighted by atomic mass is 9.94. The van der Waals surface area contributed by atoms with Gasteiger partial charge in [0.1, 0.15) is 18.0 Å².